The van der Waals surface area contributed by atoms with Crippen LogP contribution in [0.25, 0.3) is 0 Å². The smallest absolute Gasteiger partial charge is 0.224 e. The Hall–Kier alpha value is -2.82. The van der Waals surface area contributed by atoms with E-state index in [1.807, 2.05) is 48.5 Å². The van der Waals surface area contributed by atoms with Gasteiger partial charge in [0, 0.05) is 19.2 Å². The quantitative estimate of drug-likeness (QED) is 0.822. The zero-order valence-electron chi connectivity index (χ0n) is 14.0. The number of methoxy groups -OCH3 is 1. The fourth-order valence-electron chi connectivity index (χ4n) is 2.29. The molecule has 5 heteroatoms. The van der Waals surface area contributed by atoms with E-state index in [9.17, 15) is 9.59 Å². The zero-order valence-corrected chi connectivity index (χ0v) is 14.0. The summed E-state index contributed by atoms with van der Waals surface area (Å²) < 4.78 is 5.18. The molecule has 0 saturated carbocycles. The first-order valence-corrected chi connectivity index (χ1v) is 7.83. The van der Waals surface area contributed by atoms with E-state index in [0.717, 1.165) is 22.6 Å². The van der Waals surface area contributed by atoms with E-state index in [-0.39, 0.29) is 11.8 Å². The molecule has 24 heavy (non-hydrogen) atoms. The number of amides is 2. The molecule has 5 nitrogen and oxygen atoms in total. The lowest BCUT2D eigenvalue weighted by atomic mass is 10.1. The maximum Gasteiger partial charge on any atom is 0.224 e. The molecule has 0 spiro atoms. The van der Waals surface area contributed by atoms with Gasteiger partial charge in [-0.1, -0.05) is 24.3 Å². The number of hydrogen-bond acceptors (Lipinski definition) is 3. The molecule has 2 N–H and O–H groups in total. The summed E-state index contributed by atoms with van der Waals surface area (Å²) in [4.78, 5) is 23.4. The molecule has 2 amide bonds. The number of aryl methyl sites for hydroxylation is 1. The van der Waals surface area contributed by atoms with Crippen LogP contribution in [0.15, 0.2) is 48.5 Å². The molecule has 0 aliphatic rings. The van der Waals surface area contributed by atoms with Gasteiger partial charge in [0.1, 0.15) is 5.75 Å². The van der Waals surface area contributed by atoms with Crippen LogP contribution in [0, 0.1) is 0 Å². The van der Waals surface area contributed by atoms with Crippen LogP contribution in [-0.2, 0) is 22.4 Å². The summed E-state index contributed by atoms with van der Waals surface area (Å²) in [7, 11) is 3.23. The highest BCUT2D eigenvalue weighted by molar-refractivity contribution is 5.90. The number of anilines is 1. The molecule has 0 heterocycles. The Bertz CT molecular complexity index is 696. The number of likely N-dealkylation sites (N-methyl/N-ethyl adjacent to an activating group) is 1. The van der Waals surface area contributed by atoms with Crippen molar-refractivity contribution in [2.75, 3.05) is 19.5 Å². The summed E-state index contributed by atoms with van der Waals surface area (Å²) in [5, 5.41) is 5.45. The maximum absolute atomic E-state index is 12.0. The SMILES string of the molecule is CNC(=O)Cc1ccc(NC(=O)CCc2cccc(OC)c2)cc1. The minimum atomic E-state index is -0.0446. The van der Waals surface area contributed by atoms with E-state index in [2.05, 4.69) is 10.6 Å². The van der Waals surface area contributed by atoms with Gasteiger partial charge >= 0.3 is 0 Å². The van der Waals surface area contributed by atoms with Gasteiger partial charge in [0.2, 0.25) is 11.8 Å². The predicted octanol–water partition coefficient (Wildman–Crippen LogP) is 2.55. The van der Waals surface area contributed by atoms with Crippen LogP contribution in [0.1, 0.15) is 17.5 Å². The molecular weight excluding hydrogens is 304 g/mol. The summed E-state index contributed by atoms with van der Waals surface area (Å²) in [6, 6.07) is 15.0. The molecule has 126 valence electrons. The van der Waals surface area contributed by atoms with E-state index < -0.39 is 0 Å². The third-order valence-corrected chi connectivity index (χ3v) is 3.66. The first-order valence-electron chi connectivity index (χ1n) is 7.83. The Labute approximate surface area is 142 Å². The second kappa shape index (κ2) is 8.72. The molecule has 0 aliphatic heterocycles. The minimum absolute atomic E-state index is 0.0370. The van der Waals surface area contributed by atoms with Crippen molar-refractivity contribution in [2.45, 2.75) is 19.3 Å². The summed E-state index contributed by atoms with van der Waals surface area (Å²) in [5.41, 5.74) is 2.69. The molecule has 0 bridgehead atoms. The van der Waals surface area contributed by atoms with E-state index in [4.69, 9.17) is 4.74 Å². The van der Waals surface area contributed by atoms with E-state index >= 15 is 0 Å². The molecule has 0 aromatic heterocycles. The molecule has 0 aliphatic carbocycles. The number of rotatable bonds is 7. The average molecular weight is 326 g/mol. The highest BCUT2D eigenvalue weighted by Crippen LogP contribution is 2.15. The maximum atomic E-state index is 12.0. The Balaban J connectivity index is 1.84. The van der Waals surface area contributed by atoms with Gasteiger partial charge in [0.25, 0.3) is 0 Å². The van der Waals surface area contributed by atoms with E-state index in [0.29, 0.717) is 19.3 Å². The van der Waals surface area contributed by atoms with E-state index in [1.165, 1.54) is 0 Å². The first-order chi connectivity index (χ1) is 11.6. The van der Waals surface area contributed by atoms with Gasteiger partial charge < -0.3 is 15.4 Å². The second-order valence-electron chi connectivity index (χ2n) is 5.45. The summed E-state index contributed by atoms with van der Waals surface area (Å²) in [5.74, 6) is 0.710. The van der Waals surface area contributed by atoms with Crippen molar-refractivity contribution in [3.05, 3.63) is 59.7 Å². The summed E-state index contributed by atoms with van der Waals surface area (Å²) >= 11 is 0. The second-order valence-corrected chi connectivity index (χ2v) is 5.45. The van der Waals surface area contributed by atoms with Gasteiger partial charge in [-0.3, -0.25) is 9.59 Å². The molecule has 2 aromatic carbocycles. The number of ether oxygens (including phenoxy) is 1. The highest BCUT2D eigenvalue weighted by Gasteiger charge is 2.05. The van der Waals surface area contributed by atoms with Crippen LogP contribution < -0.4 is 15.4 Å². The molecular formula is C19H22N2O3. The molecule has 0 atom stereocenters. The Morgan fingerprint density at radius 1 is 1.00 bits per heavy atom. The van der Waals surface area contributed by atoms with E-state index in [1.54, 1.807) is 14.2 Å². The number of benzene rings is 2. The van der Waals surface area contributed by atoms with Crippen molar-refractivity contribution in [3.8, 4) is 5.75 Å². The van der Waals surface area contributed by atoms with Gasteiger partial charge in [0.15, 0.2) is 0 Å². The zero-order chi connectivity index (χ0) is 17.4. The largest absolute Gasteiger partial charge is 0.497 e. The number of carbonyl (C=O) groups excluding carboxylic acids is 2. The molecule has 0 radical (unpaired) electrons. The number of hydrogen-bond donors (Lipinski definition) is 2. The molecule has 2 aromatic rings. The monoisotopic (exact) mass is 326 g/mol. The molecule has 0 fully saturated rings. The van der Waals surface area contributed by atoms with Crippen LogP contribution >= 0.6 is 0 Å². The van der Waals surface area contributed by atoms with Crippen molar-refractivity contribution < 1.29 is 14.3 Å². The standard InChI is InChI=1S/C19H22N2O3/c1-20-19(23)13-15-6-9-16(10-7-15)21-18(22)11-8-14-4-3-5-17(12-14)24-2/h3-7,9-10,12H,8,11,13H2,1-2H3,(H,20,23)(H,21,22). The molecule has 0 unspecified atom stereocenters. The van der Waals surface area contributed by atoms with Crippen molar-refractivity contribution in [3.63, 3.8) is 0 Å². The normalized spacial score (nSPS) is 10.1. The predicted molar refractivity (Wildman–Crippen MR) is 94.2 cm³/mol. The minimum Gasteiger partial charge on any atom is -0.497 e. The van der Waals surface area contributed by atoms with Crippen LogP contribution in [-0.4, -0.2) is 26.0 Å². The highest BCUT2D eigenvalue weighted by atomic mass is 16.5. The van der Waals surface area contributed by atoms with Crippen LogP contribution in [0.2, 0.25) is 0 Å². The van der Waals surface area contributed by atoms with Gasteiger partial charge in [-0.25, -0.2) is 0 Å². The Morgan fingerprint density at radius 3 is 2.42 bits per heavy atom. The van der Waals surface area contributed by atoms with Crippen molar-refractivity contribution in [1.29, 1.82) is 0 Å². The number of carbonyl (C=O) groups is 2. The van der Waals surface area contributed by atoms with Crippen LogP contribution in [0.5, 0.6) is 5.75 Å². The third kappa shape index (κ3) is 5.43. The summed E-state index contributed by atoms with van der Waals surface area (Å²) in [6.07, 6.45) is 1.38. The lowest BCUT2D eigenvalue weighted by Gasteiger charge is -2.07. The number of nitrogens with one attached hydrogen (secondary N) is 2. The molecule has 2 rings (SSSR count). The van der Waals surface area contributed by atoms with Crippen molar-refractivity contribution >= 4 is 17.5 Å². The summed E-state index contributed by atoms with van der Waals surface area (Å²) in [6.45, 7) is 0. The third-order valence-electron chi connectivity index (χ3n) is 3.66. The first kappa shape index (κ1) is 17.5. The van der Waals surface area contributed by atoms with Gasteiger partial charge in [0.05, 0.1) is 13.5 Å². The lowest BCUT2D eigenvalue weighted by molar-refractivity contribution is -0.120. The Morgan fingerprint density at radius 2 is 1.75 bits per heavy atom. The van der Waals surface area contributed by atoms with Crippen molar-refractivity contribution in [2.24, 2.45) is 0 Å². The van der Waals surface area contributed by atoms with Crippen LogP contribution in [0.3, 0.4) is 0 Å². The van der Waals surface area contributed by atoms with Gasteiger partial charge in [-0.2, -0.15) is 0 Å². The van der Waals surface area contributed by atoms with Gasteiger partial charge in [-0.15, -0.1) is 0 Å². The fourth-order valence-corrected chi connectivity index (χ4v) is 2.29. The fraction of sp³-hybridized carbons (Fsp3) is 0.263. The lowest BCUT2D eigenvalue weighted by Crippen LogP contribution is -2.19. The molecule has 0 saturated heterocycles. The topological polar surface area (TPSA) is 67.4 Å². The van der Waals surface area contributed by atoms with Gasteiger partial charge in [-0.05, 0) is 41.8 Å². The van der Waals surface area contributed by atoms with Crippen molar-refractivity contribution in [1.82, 2.24) is 5.32 Å². The average Bonchev–Trinajstić information content (AvgIpc) is 2.61. The Kier molecular flexibility index (Phi) is 6.37. The van der Waals surface area contributed by atoms with Crippen LogP contribution in [0.4, 0.5) is 5.69 Å².